The molecule has 1 fully saturated rings. The number of rotatable bonds is 5. The van der Waals surface area contributed by atoms with E-state index < -0.39 is 0 Å². The topological polar surface area (TPSA) is 32.3 Å². The van der Waals surface area contributed by atoms with Crippen LogP contribution in [0, 0.1) is 5.92 Å². The van der Waals surface area contributed by atoms with Gasteiger partial charge in [0.15, 0.2) is 0 Å². The first-order valence-electron chi connectivity index (χ1n) is 6.21. The van der Waals surface area contributed by atoms with Crippen molar-refractivity contribution < 1.29 is 4.79 Å². The molecule has 1 saturated heterocycles. The Morgan fingerprint density at radius 1 is 1.40 bits per heavy atom. The molecule has 1 aliphatic rings. The summed E-state index contributed by atoms with van der Waals surface area (Å²) in [6.45, 7) is 8.47. The van der Waals surface area contributed by atoms with E-state index >= 15 is 0 Å². The molecule has 0 aromatic carbocycles. The molecule has 0 saturated carbocycles. The van der Waals surface area contributed by atoms with Gasteiger partial charge in [0.25, 0.3) is 0 Å². The number of hydrogen-bond donors (Lipinski definition) is 1. The van der Waals surface area contributed by atoms with Gasteiger partial charge in [-0.3, -0.25) is 4.79 Å². The summed E-state index contributed by atoms with van der Waals surface area (Å²) in [7, 11) is 0. The fourth-order valence-electron chi connectivity index (χ4n) is 1.90. The Bertz CT molecular complexity index is 186. The van der Waals surface area contributed by atoms with Crippen molar-refractivity contribution in [3.63, 3.8) is 0 Å². The van der Waals surface area contributed by atoms with Crippen LogP contribution in [0.25, 0.3) is 0 Å². The summed E-state index contributed by atoms with van der Waals surface area (Å²) in [5.41, 5.74) is 0. The van der Waals surface area contributed by atoms with Crippen molar-refractivity contribution in [2.24, 2.45) is 5.92 Å². The first-order chi connectivity index (χ1) is 7.22. The van der Waals surface area contributed by atoms with E-state index in [1.54, 1.807) is 0 Å². The van der Waals surface area contributed by atoms with E-state index in [1.165, 1.54) is 25.9 Å². The summed E-state index contributed by atoms with van der Waals surface area (Å²) in [5.74, 6) is 1.07. The third-order valence-electron chi connectivity index (χ3n) is 3.10. The van der Waals surface area contributed by atoms with Gasteiger partial charge in [0, 0.05) is 19.5 Å². The highest BCUT2D eigenvalue weighted by molar-refractivity contribution is 5.75. The van der Waals surface area contributed by atoms with E-state index in [0.717, 1.165) is 25.4 Å². The van der Waals surface area contributed by atoms with Crippen molar-refractivity contribution >= 4 is 5.91 Å². The minimum Gasteiger partial charge on any atom is -0.356 e. The molecule has 88 valence electrons. The maximum Gasteiger partial charge on any atom is 0.221 e. The second-order valence-electron chi connectivity index (χ2n) is 4.62. The molecular weight excluding hydrogens is 188 g/mol. The molecule has 0 bridgehead atoms. The number of hydrogen-bond acceptors (Lipinski definition) is 2. The lowest BCUT2D eigenvalue weighted by molar-refractivity contribution is -0.121. The van der Waals surface area contributed by atoms with Crippen LogP contribution in [0.1, 0.15) is 39.5 Å². The van der Waals surface area contributed by atoms with Gasteiger partial charge in [-0.25, -0.2) is 0 Å². The number of nitrogens with zero attached hydrogens (tertiary/aromatic N) is 1. The number of likely N-dealkylation sites (tertiary alicyclic amines) is 1. The van der Waals surface area contributed by atoms with Crippen LogP contribution in [0.2, 0.25) is 0 Å². The van der Waals surface area contributed by atoms with E-state index in [9.17, 15) is 4.79 Å². The lowest BCUT2D eigenvalue weighted by Gasteiger charge is -2.29. The number of carbonyl (C=O) groups is 1. The van der Waals surface area contributed by atoms with Crippen LogP contribution in [-0.2, 0) is 4.79 Å². The van der Waals surface area contributed by atoms with Crippen LogP contribution in [0.3, 0.4) is 0 Å². The smallest absolute Gasteiger partial charge is 0.221 e. The van der Waals surface area contributed by atoms with Crippen molar-refractivity contribution in [2.45, 2.75) is 39.5 Å². The monoisotopic (exact) mass is 212 g/mol. The van der Waals surface area contributed by atoms with Crippen LogP contribution >= 0.6 is 0 Å². The molecule has 0 unspecified atom stereocenters. The lowest BCUT2D eigenvalue weighted by atomic mass is 9.99. The van der Waals surface area contributed by atoms with E-state index in [1.807, 2.05) is 0 Å². The van der Waals surface area contributed by atoms with E-state index in [4.69, 9.17) is 0 Å². The number of carbonyl (C=O) groups excluding carboxylic acids is 1. The minimum atomic E-state index is 0.204. The molecule has 3 heteroatoms. The van der Waals surface area contributed by atoms with Crippen LogP contribution in [0.15, 0.2) is 0 Å². The van der Waals surface area contributed by atoms with Crippen molar-refractivity contribution in [1.82, 2.24) is 10.2 Å². The summed E-state index contributed by atoms with van der Waals surface area (Å²) in [4.78, 5) is 13.8. The summed E-state index contributed by atoms with van der Waals surface area (Å²) in [5, 5.41) is 2.92. The largest absolute Gasteiger partial charge is 0.356 e. The second kappa shape index (κ2) is 6.83. The van der Waals surface area contributed by atoms with Crippen molar-refractivity contribution in [3.8, 4) is 0 Å². The zero-order valence-corrected chi connectivity index (χ0v) is 10.1. The molecule has 15 heavy (non-hydrogen) atoms. The van der Waals surface area contributed by atoms with Gasteiger partial charge in [-0.05, 0) is 38.3 Å². The lowest BCUT2D eigenvalue weighted by Crippen LogP contribution is -2.36. The molecule has 3 nitrogen and oxygen atoms in total. The molecule has 1 heterocycles. The molecule has 0 aromatic rings. The van der Waals surface area contributed by atoms with Gasteiger partial charge in [-0.15, -0.1) is 0 Å². The fraction of sp³-hybridized carbons (Fsp3) is 0.917. The first kappa shape index (κ1) is 12.5. The van der Waals surface area contributed by atoms with Gasteiger partial charge >= 0.3 is 0 Å². The fourth-order valence-corrected chi connectivity index (χ4v) is 1.90. The van der Waals surface area contributed by atoms with Gasteiger partial charge in [-0.1, -0.05) is 13.8 Å². The van der Waals surface area contributed by atoms with Crippen LogP contribution in [0.4, 0.5) is 0 Å². The Kier molecular flexibility index (Phi) is 5.69. The SMILES string of the molecule is CCCNC(=O)CCN1CCC(C)CC1. The van der Waals surface area contributed by atoms with Crippen LogP contribution < -0.4 is 5.32 Å². The second-order valence-corrected chi connectivity index (χ2v) is 4.62. The van der Waals surface area contributed by atoms with Gasteiger partial charge in [0.1, 0.15) is 0 Å². The predicted octanol–water partition coefficient (Wildman–Crippen LogP) is 1.63. The van der Waals surface area contributed by atoms with E-state index in [2.05, 4.69) is 24.1 Å². The molecule has 1 rings (SSSR count). The van der Waals surface area contributed by atoms with Gasteiger partial charge < -0.3 is 10.2 Å². The Morgan fingerprint density at radius 2 is 2.07 bits per heavy atom. The highest BCUT2D eigenvalue weighted by Gasteiger charge is 2.15. The van der Waals surface area contributed by atoms with Gasteiger partial charge in [-0.2, -0.15) is 0 Å². The van der Waals surface area contributed by atoms with E-state index in [0.29, 0.717) is 6.42 Å². The quantitative estimate of drug-likeness (QED) is 0.751. The van der Waals surface area contributed by atoms with Gasteiger partial charge in [0.2, 0.25) is 5.91 Å². The summed E-state index contributed by atoms with van der Waals surface area (Å²) < 4.78 is 0. The minimum absolute atomic E-state index is 0.204. The molecule has 0 radical (unpaired) electrons. The first-order valence-corrected chi connectivity index (χ1v) is 6.21. The molecule has 1 aliphatic heterocycles. The number of nitrogens with one attached hydrogen (secondary N) is 1. The highest BCUT2D eigenvalue weighted by atomic mass is 16.1. The van der Waals surface area contributed by atoms with Crippen molar-refractivity contribution in [2.75, 3.05) is 26.2 Å². The average Bonchev–Trinajstić information content (AvgIpc) is 2.25. The maximum atomic E-state index is 11.4. The molecule has 0 aromatic heterocycles. The Hall–Kier alpha value is -0.570. The van der Waals surface area contributed by atoms with Crippen molar-refractivity contribution in [3.05, 3.63) is 0 Å². The zero-order valence-electron chi connectivity index (χ0n) is 10.1. The zero-order chi connectivity index (χ0) is 11.1. The van der Waals surface area contributed by atoms with Gasteiger partial charge in [0.05, 0.1) is 0 Å². The molecule has 0 spiro atoms. The number of piperidine rings is 1. The summed E-state index contributed by atoms with van der Waals surface area (Å²) >= 11 is 0. The Morgan fingerprint density at radius 3 is 2.67 bits per heavy atom. The van der Waals surface area contributed by atoms with E-state index in [-0.39, 0.29) is 5.91 Å². The molecular formula is C12H24N2O. The molecule has 1 N–H and O–H groups in total. The maximum absolute atomic E-state index is 11.4. The highest BCUT2D eigenvalue weighted by Crippen LogP contribution is 2.15. The van der Waals surface area contributed by atoms with Crippen LogP contribution in [0.5, 0.6) is 0 Å². The molecule has 1 amide bonds. The normalized spacial score (nSPS) is 19.1. The third-order valence-corrected chi connectivity index (χ3v) is 3.10. The number of amides is 1. The average molecular weight is 212 g/mol. The Balaban J connectivity index is 2.06. The van der Waals surface area contributed by atoms with Crippen LogP contribution in [-0.4, -0.2) is 37.0 Å². The predicted molar refractivity (Wildman–Crippen MR) is 62.8 cm³/mol. The Labute approximate surface area is 93.2 Å². The van der Waals surface area contributed by atoms with Crippen molar-refractivity contribution in [1.29, 1.82) is 0 Å². The standard InChI is InChI=1S/C12H24N2O/c1-3-7-13-12(15)6-10-14-8-4-11(2)5-9-14/h11H,3-10H2,1-2H3,(H,13,15). The summed E-state index contributed by atoms with van der Waals surface area (Å²) in [6.07, 6.45) is 4.26. The molecule has 0 atom stereocenters. The summed E-state index contributed by atoms with van der Waals surface area (Å²) in [6, 6.07) is 0. The molecule has 0 aliphatic carbocycles. The third kappa shape index (κ3) is 5.17.